The van der Waals surface area contributed by atoms with E-state index < -0.39 is 29.4 Å². The first-order valence-electron chi connectivity index (χ1n) is 9.11. The molecular weight excluding hydrogens is 436 g/mol. The molecule has 0 saturated carbocycles. The molecule has 1 heterocycles. The standard InChI is InChI=1S/C21H20F4N2O3S/c1-30-12-6-7-13(15(22)10-12)19(20(29,11-31-2)21(23,24)25)27-17-5-3-4-16-14(17)8-9-18(28)26-16/h3-10,19,27,29H,11H2,1-2H3,(H,26,28)/t19-,20-/m1/s1. The number of alkyl halides is 3. The average molecular weight is 456 g/mol. The van der Waals surface area contributed by atoms with Gasteiger partial charge in [0.15, 0.2) is 5.60 Å². The summed E-state index contributed by atoms with van der Waals surface area (Å²) in [5.41, 5.74) is -3.48. The quantitative estimate of drug-likeness (QED) is 0.457. The van der Waals surface area contributed by atoms with Crippen LogP contribution in [0.2, 0.25) is 0 Å². The van der Waals surface area contributed by atoms with Crippen molar-refractivity contribution in [1.29, 1.82) is 0 Å². The molecule has 166 valence electrons. The van der Waals surface area contributed by atoms with Crippen LogP contribution in [0.5, 0.6) is 5.75 Å². The number of rotatable bonds is 7. The lowest BCUT2D eigenvalue weighted by Crippen LogP contribution is -2.54. The first-order valence-corrected chi connectivity index (χ1v) is 10.5. The van der Waals surface area contributed by atoms with Gasteiger partial charge in [0.25, 0.3) is 0 Å². The van der Waals surface area contributed by atoms with Crippen LogP contribution in [0.25, 0.3) is 10.9 Å². The van der Waals surface area contributed by atoms with E-state index in [9.17, 15) is 27.5 Å². The van der Waals surface area contributed by atoms with Gasteiger partial charge in [-0.3, -0.25) is 4.79 Å². The summed E-state index contributed by atoms with van der Waals surface area (Å²) in [6, 6.07) is 8.83. The van der Waals surface area contributed by atoms with Crippen LogP contribution in [-0.2, 0) is 0 Å². The number of aromatic amines is 1. The Morgan fingerprint density at radius 1 is 1.19 bits per heavy atom. The first kappa shape index (κ1) is 23.0. The van der Waals surface area contributed by atoms with Crippen LogP contribution in [0.1, 0.15) is 11.6 Å². The summed E-state index contributed by atoms with van der Waals surface area (Å²) >= 11 is 0.783. The van der Waals surface area contributed by atoms with Crippen LogP contribution >= 0.6 is 11.8 Å². The fourth-order valence-electron chi connectivity index (χ4n) is 3.34. The molecule has 0 aliphatic rings. The van der Waals surface area contributed by atoms with E-state index in [1.165, 1.54) is 43.7 Å². The van der Waals surface area contributed by atoms with Crippen molar-refractivity contribution in [1.82, 2.24) is 4.98 Å². The summed E-state index contributed by atoms with van der Waals surface area (Å²) < 4.78 is 62.0. The molecule has 3 rings (SSSR count). The topological polar surface area (TPSA) is 74.3 Å². The van der Waals surface area contributed by atoms with Crippen LogP contribution in [-0.4, -0.2) is 41.0 Å². The van der Waals surface area contributed by atoms with Crippen molar-refractivity contribution in [3.05, 3.63) is 70.3 Å². The van der Waals surface area contributed by atoms with Crippen molar-refractivity contribution in [2.45, 2.75) is 17.8 Å². The van der Waals surface area contributed by atoms with Crippen molar-refractivity contribution in [2.75, 3.05) is 24.4 Å². The van der Waals surface area contributed by atoms with E-state index in [1.54, 1.807) is 6.07 Å². The second-order valence-corrected chi connectivity index (χ2v) is 7.78. The lowest BCUT2D eigenvalue weighted by Gasteiger charge is -2.38. The molecule has 2 atom stereocenters. The second kappa shape index (κ2) is 8.80. The van der Waals surface area contributed by atoms with Gasteiger partial charge in [-0.15, -0.1) is 0 Å². The summed E-state index contributed by atoms with van der Waals surface area (Å²) in [6.07, 6.45) is -3.65. The predicted molar refractivity (Wildman–Crippen MR) is 113 cm³/mol. The maximum Gasteiger partial charge on any atom is 0.420 e. The molecule has 0 amide bonds. The summed E-state index contributed by atoms with van der Waals surface area (Å²) in [7, 11) is 1.31. The number of nitrogens with one attached hydrogen (secondary N) is 2. The molecule has 0 aliphatic heterocycles. The molecule has 10 heteroatoms. The van der Waals surface area contributed by atoms with Gasteiger partial charge in [-0.25, -0.2) is 4.39 Å². The molecular formula is C21H20F4N2O3S. The van der Waals surface area contributed by atoms with Crippen molar-refractivity contribution in [3.63, 3.8) is 0 Å². The maximum atomic E-state index is 14.9. The van der Waals surface area contributed by atoms with Crippen LogP contribution in [0.4, 0.5) is 23.2 Å². The highest BCUT2D eigenvalue weighted by Gasteiger charge is 2.59. The summed E-state index contributed by atoms with van der Waals surface area (Å²) in [6.45, 7) is 0. The van der Waals surface area contributed by atoms with Gasteiger partial charge in [0.2, 0.25) is 5.56 Å². The third-order valence-electron chi connectivity index (χ3n) is 4.92. The molecule has 3 N–H and O–H groups in total. The monoisotopic (exact) mass is 456 g/mol. The van der Waals surface area contributed by atoms with Crippen molar-refractivity contribution in [2.24, 2.45) is 0 Å². The van der Waals surface area contributed by atoms with Crippen LogP contribution in [0.3, 0.4) is 0 Å². The van der Waals surface area contributed by atoms with Gasteiger partial charge < -0.3 is 20.1 Å². The third-order valence-corrected chi connectivity index (χ3v) is 5.65. The van der Waals surface area contributed by atoms with Crippen LogP contribution < -0.4 is 15.6 Å². The van der Waals surface area contributed by atoms with E-state index in [2.05, 4.69) is 10.3 Å². The van der Waals surface area contributed by atoms with Gasteiger partial charge in [0, 0.05) is 34.5 Å². The molecule has 31 heavy (non-hydrogen) atoms. The molecule has 0 fully saturated rings. The number of pyridine rings is 1. The number of fused-ring (bicyclic) bond motifs is 1. The smallest absolute Gasteiger partial charge is 0.420 e. The molecule has 0 bridgehead atoms. The molecule has 5 nitrogen and oxygen atoms in total. The summed E-state index contributed by atoms with van der Waals surface area (Å²) in [5.74, 6) is -1.57. The molecule has 2 aromatic carbocycles. The lowest BCUT2D eigenvalue weighted by atomic mass is 9.88. The number of H-pyrrole nitrogens is 1. The van der Waals surface area contributed by atoms with E-state index in [4.69, 9.17) is 4.74 Å². The van der Waals surface area contributed by atoms with Crippen LogP contribution in [0, 0.1) is 5.82 Å². The highest BCUT2D eigenvalue weighted by molar-refractivity contribution is 7.98. The van der Waals surface area contributed by atoms with E-state index in [0.29, 0.717) is 10.9 Å². The Bertz CT molecular complexity index is 1140. The third kappa shape index (κ3) is 4.49. The van der Waals surface area contributed by atoms with Gasteiger partial charge in [0.05, 0.1) is 18.7 Å². The molecule has 0 spiro atoms. The van der Waals surface area contributed by atoms with Gasteiger partial charge in [0.1, 0.15) is 11.6 Å². The fourth-order valence-corrected chi connectivity index (χ4v) is 4.11. The Morgan fingerprint density at radius 3 is 2.55 bits per heavy atom. The number of aliphatic hydroxyl groups is 1. The first-order chi connectivity index (χ1) is 14.6. The predicted octanol–water partition coefficient (Wildman–Crippen LogP) is 4.49. The maximum absolute atomic E-state index is 14.9. The minimum atomic E-state index is -5.07. The molecule has 0 aliphatic carbocycles. The number of aromatic nitrogens is 1. The Kier molecular flexibility index (Phi) is 6.51. The SMILES string of the molecule is COc1ccc([C@@H](Nc2cccc3[nH]c(=O)ccc23)[C@](O)(CSC)C(F)(F)F)c(F)c1. The van der Waals surface area contributed by atoms with E-state index >= 15 is 0 Å². The minimum absolute atomic E-state index is 0.128. The Balaban J connectivity index is 2.21. The zero-order valence-electron chi connectivity index (χ0n) is 16.6. The summed E-state index contributed by atoms with van der Waals surface area (Å²) in [5, 5.41) is 13.9. The fraction of sp³-hybridized carbons (Fsp3) is 0.286. The Morgan fingerprint density at radius 2 is 1.94 bits per heavy atom. The van der Waals surface area contributed by atoms with Crippen molar-refractivity contribution in [3.8, 4) is 5.75 Å². The Hall–Kier alpha value is -2.72. The van der Waals surface area contributed by atoms with E-state index in [1.807, 2.05) is 0 Å². The van der Waals surface area contributed by atoms with Crippen LogP contribution in [0.15, 0.2) is 53.3 Å². The highest BCUT2D eigenvalue weighted by Crippen LogP contribution is 2.45. The molecule has 0 unspecified atom stereocenters. The van der Waals surface area contributed by atoms with Crippen molar-refractivity contribution >= 4 is 28.4 Å². The van der Waals surface area contributed by atoms with Gasteiger partial charge >= 0.3 is 6.18 Å². The van der Waals surface area contributed by atoms with E-state index in [0.717, 1.165) is 23.9 Å². The second-order valence-electron chi connectivity index (χ2n) is 6.91. The largest absolute Gasteiger partial charge is 0.497 e. The van der Waals surface area contributed by atoms with Gasteiger partial charge in [-0.2, -0.15) is 24.9 Å². The number of halogens is 4. The number of benzene rings is 2. The minimum Gasteiger partial charge on any atom is -0.497 e. The van der Waals surface area contributed by atoms with Crippen molar-refractivity contribution < 1.29 is 27.4 Å². The number of methoxy groups -OCH3 is 1. The lowest BCUT2D eigenvalue weighted by molar-refractivity contribution is -0.256. The molecule has 1 aromatic heterocycles. The number of hydrogen-bond donors (Lipinski definition) is 3. The molecule has 0 saturated heterocycles. The zero-order valence-corrected chi connectivity index (χ0v) is 17.4. The molecule has 0 radical (unpaired) electrons. The number of ether oxygens (including phenoxy) is 1. The average Bonchev–Trinajstić information content (AvgIpc) is 2.71. The number of hydrogen-bond acceptors (Lipinski definition) is 5. The van der Waals surface area contributed by atoms with Gasteiger partial charge in [-0.1, -0.05) is 12.1 Å². The Labute approximate surface area is 179 Å². The zero-order chi connectivity index (χ0) is 22.8. The number of anilines is 1. The molecule has 3 aromatic rings. The van der Waals surface area contributed by atoms with E-state index in [-0.39, 0.29) is 22.6 Å². The highest BCUT2D eigenvalue weighted by atomic mass is 32.2. The normalized spacial score (nSPS) is 14.8. The summed E-state index contributed by atoms with van der Waals surface area (Å²) in [4.78, 5) is 14.2. The number of thioether (sulfide) groups is 1. The van der Waals surface area contributed by atoms with Gasteiger partial charge in [-0.05, 0) is 30.5 Å².